The van der Waals surface area contributed by atoms with E-state index in [9.17, 15) is 0 Å². The third-order valence-electron chi connectivity index (χ3n) is 3.38. The molecule has 0 bridgehead atoms. The van der Waals surface area contributed by atoms with Crippen molar-refractivity contribution in [2.24, 2.45) is 0 Å². The molecule has 0 aliphatic rings. The Morgan fingerprint density at radius 1 is 1.00 bits per heavy atom. The van der Waals surface area contributed by atoms with Crippen LogP contribution in [0.4, 0.5) is 0 Å². The molecule has 2 rings (SSSR count). The quantitative estimate of drug-likeness (QED) is 0.767. The third kappa shape index (κ3) is 3.60. The summed E-state index contributed by atoms with van der Waals surface area (Å²) < 4.78 is 5.41. The molecule has 0 saturated carbocycles. The molecule has 0 aliphatic carbocycles. The number of methoxy groups -OCH3 is 1. The zero-order chi connectivity index (χ0) is 13.8. The van der Waals surface area contributed by atoms with E-state index in [2.05, 4.69) is 63.2 Å². The van der Waals surface area contributed by atoms with Crippen molar-refractivity contribution in [3.63, 3.8) is 0 Å². The number of hydrogen-bond acceptors (Lipinski definition) is 1. The van der Waals surface area contributed by atoms with Crippen molar-refractivity contribution in [3.8, 4) is 5.75 Å². The number of aryl methyl sites for hydroxylation is 1. The maximum Gasteiger partial charge on any atom is 0.119 e. The topological polar surface area (TPSA) is 9.23 Å². The van der Waals surface area contributed by atoms with Crippen LogP contribution in [0.2, 0.25) is 0 Å². The summed E-state index contributed by atoms with van der Waals surface area (Å²) in [6.45, 7) is 6.56. The molecule has 0 aliphatic heterocycles. The molecule has 1 nitrogen and oxygen atoms in total. The maximum atomic E-state index is 5.41. The summed E-state index contributed by atoms with van der Waals surface area (Å²) in [5, 5.41) is 0. The van der Waals surface area contributed by atoms with E-state index in [0.29, 0.717) is 5.92 Å². The second-order valence-corrected chi connectivity index (χ2v) is 5.43. The van der Waals surface area contributed by atoms with Gasteiger partial charge >= 0.3 is 0 Å². The van der Waals surface area contributed by atoms with Crippen LogP contribution in [0, 0.1) is 6.92 Å². The van der Waals surface area contributed by atoms with E-state index in [1.165, 1.54) is 22.3 Å². The molecule has 19 heavy (non-hydrogen) atoms. The summed E-state index contributed by atoms with van der Waals surface area (Å²) in [4.78, 5) is 0. The number of benzene rings is 2. The van der Waals surface area contributed by atoms with E-state index in [4.69, 9.17) is 4.74 Å². The molecule has 0 heterocycles. The van der Waals surface area contributed by atoms with Gasteiger partial charge in [0.2, 0.25) is 0 Å². The lowest BCUT2D eigenvalue weighted by atomic mass is 9.96. The van der Waals surface area contributed by atoms with Crippen molar-refractivity contribution in [2.75, 3.05) is 7.11 Å². The minimum atomic E-state index is 0.520. The Balaban J connectivity index is 2.31. The van der Waals surface area contributed by atoms with Gasteiger partial charge in [0.05, 0.1) is 7.11 Å². The highest BCUT2D eigenvalue weighted by molar-refractivity contribution is 5.39. The molecule has 0 N–H and O–H groups in total. The van der Waals surface area contributed by atoms with Crippen molar-refractivity contribution >= 4 is 0 Å². The van der Waals surface area contributed by atoms with Crippen molar-refractivity contribution in [1.82, 2.24) is 0 Å². The van der Waals surface area contributed by atoms with Gasteiger partial charge in [-0.3, -0.25) is 0 Å². The Kier molecular flexibility index (Phi) is 4.26. The van der Waals surface area contributed by atoms with Gasteiger partial charge in [-0.1, -0.05) is 49.7 Å². The van der Waals surface area contributed by atoms with Crippen LogP contribution >= 0.6 is 0 Å². The molecule has 2 aromatic carbocycles. The highest BCUT2D eigenvalue weighted by Gasteiger charge is 2.06. The molecular formula is C18H22O. The van der Waals surface area contributed by atoms with Crippen LogP contribution in [0.1, 0.15) is 42.0 Å². The normalized spacial score (nSPS) is 10.8. The van der Waals surface area contributed by atoms with E-state index in [1.807, 2.05) is 0 Å². The van der Waals surface area contributed by atoms with Gasteiger partial charge in [0, 0.05) is 0 Å². The standard InChI is InChI=1S/C18H22O/c1-13(2)17-10-16(11-18(12-17)19-4)9-15-7-5-6-14(3)8-15/h5-8,10-13H,9H2,1-4H3. The first kappa shape index (κ1) is 13.7. The first-order valence-electron chi connectivity index (χ1n) is 6.82. The Bertz CT molecular complexity index is 555. The van der Waals surface area contributed by atoms with Crippen molar-refractivity contribution in [1.29, 1.82) is 0 Å². The van der Waals surface area contributed by atoms with Crippen molar-refractivity contribution in [2.45, 2.75) is 33.1 Å². The minimum absolute atomic E-state index is 0.520. The molecule has 1 heteroatoms. The molecule has 100 valence electrons. The monoisotopic (exact) mass is 254 g/mol. The zero-order valence-electron chi connectivity index (χ0n) is 12.2. The lowest BCUT2D eigenvalue weighted by molar-refractivity contribution is 0.413. The molecule has 0 amide bonds. The molecule has 0 aromatic heterocycles. The minimum Gasteiger partial charge on any atom is -0.497 e. The van der Waals surface area contributed by atoms with Crippen LogP contribution in [-0.2, 0) is 6.42 Å². The highest BCUT2D eigenvalue weighted by Crippen LogP contribution is 2.24. The predicted molar refractivity (Wildman–Crippen MR) is 81.1 cm³/mol. The number of ether oxygens (including phenoxy) is 1. The SMILES string of the molecule is COc1cc(Cc2cccc(C)c2)cc(C(C)C)c1. The van der Waals surface area contributed by atoms with E-state index >= 15 is 0 Å². The van der Waals surface area contributed by atoms with E-state index < -0.39 is 0 Å². The third-order valence-corrected chi connectivity index (χ3v) is 3.38. The van der Waals surface area contributed by atoms with Gasteiger partial charge < -0.3 is 4.74 Å². The van der Waals surface area contributed by atoms with Crippen LogP contribution in [0.15, 0.2) is 42.5 Å². The van der Waals surface area contributed by atoms with Crippen molar-refractivity contribution < 1.29 is 4.74 Å². The fraction of sp³-hybridized carbons (Fsp3) is 0.333. The average molecular weight is 254 g/mol. The van der Waals surface area contributed by atoms with Crippen LogP contribution in [0.5, 0.6) is 5.75 Å². The summed E-state index contributed by atoms with van der Waals surface area (Å²) in [5.74, 6) is 1.47. The first-order chi connectivity index (χ1) is 9.08. The molecule has 0 spiro atoms. The molecule has 0 radical (unpaired) electrons. The summed E-state index contributed by atoms with van der Waals surface area (Å²) in [7, 11) is 1.73. The van der Waals surface area contributed by atoms with Crippen molar-refractivity contribution in [3.05, 3.63) is 64.7 Å². The zero-order valence-corrected chi connectivity index (χ0v) is 12.2. The van der Waals surface area contributed by atoms with Gasteiger partial charge in [-0.05, 0) is 48.1 Å². The lowest BCUT2D eigenvalue weighted by Crippen LogP contribution is -1.95. The van der Waals surface area contributed by atoms with E-state index in [-0.39, 0.29) is 0 Å². The Hall–Kier alpha value is -1.76. The van der Waals surface area contributed by atoms with Crippen LogP contribution in [0.25, 0.3) is 0 Å². The second-order valence-electron chi connectivity index (χ2n) is 5.43. The summed E-state index contributed by atoms with van der Waals surface area (Å²) in [6.07, 6.45) is 0.957. The lowest BCUT2D eigenvalue weighted by Gasteiger charge is -2.12. The van der Waals surface area contributed by atoms with E-state index in [0.717, 1.165) is 12.2 Å². The summed E-state index contributed by atoms with van der Waals surface area (Å²) in [6, 6.07) is 15.2. The fourth-order valence-corrected chi connectivity index (χ4v) is 2.30. The smallest absolute Gasteiger partial charge is 0.119 e. The summed E-state index contributed by atoms with van der Waals surface area (Å²) in [5.41, 5.74) is 5.31. The van der Waals surface area contributed by atoms with Crippen LogP contribution in [0.3, 0.4) is 0 Å². The van der Waals surface area contributed by atoms with Gasteiger partial charge in [-0.15, -0.1) is 0 Å². The van der Waals surface area contributed by atoms with Gasteiger partial charge in [-0.2, -0.15) is 0 Å². The molecule has 0 saturated heterocycles. The van der Waals surface area contributed by atoms with Gasteiger partial charge in [0.15, 0.2) is 0 Å². The molecular weight excluding hydrogens is 232 g/mol. The number of rotatable bonds is 4. The van der Waals surface area contributed by atoms with Gasteiger partial charge in [0.25, 0.3) is 0 Å². The molecule has 0 unspecified atom stereocenters. The maximum absolute atomic E-state index is 5.41. The van der Waals surface area contributed by atoms with Gasteiger partial charge in [-0.25, -0.2) is 0 Å². The molecule has 0 atom stereocenters. The predicted octanol–water partition coefficient (Wildman–Crippen LogP) is 4.72. The number of hydrogen-bond donors (Lipinski definition) is 0. The summed E-state index contributed by atoms with van der Waals surface area (Å²) >= 11 is 0. The highest BCUT2D eigenvalue weighted by atomic mass is 16.5. The van der Waals surface area contributed by atoms with Crippen LogP contribution < -0.4 is 4.74 Å². The average Bonchev–Trinajstić information content (AvgIpc) is 2.38. The Labute approximate surface area is 116 Å². The Morgan fingerprint density at radius 2 is 1.79 bits per heavy atom. The Morgan fingerprint density at radius 3 is 2.42 bits per heavy atom. The largest absolute Gasteiger partial charge is 0.497 e. The first-order valence-corrected chi connectivity index (χ1v) is 6.82. The molecule has 0 fully saturated rings. The fourth-order valence-electron chi connectivity index (χ4n) is 2.30. The van der Waals surface area contributed by atoms with Crippen LogP contribution in [-0.4, -0.2) is 7.11 Å². The van der Waals surface area contributed by atoms with Gasteiger partial charge in [0.1, 0.15) is 5.75 Å². The van der Waals surface area contributed by atoms with E-state index in [1.54, 1.807) is 7.11 Å². The molecule has 2 aromatic rings. The second kappa shape index (κ2) is 5.92.